The molecule has 0 saturated heterocycles. The first kappa shape index (κ1) is 15.7. The third-order valence-corrected chi connectivity index (χ3v) is 4.69. The summed E-state index contributed by atoms with van der Waals surface area (Å²) in [5.41, 5.74) is 9.19. The molecule has 0 atom stereocenters. The molecule has 3 heterocycles. The van der Waals surface area contributed by atoms with Crippen molar-refractivity contribution in [3.05, 3.63) is 72.1 Å². The number of halogens is 1. The number of nitrogens with zero attached hydrogens (tertiary/aromatic N) is 4. The Kier molecular flexibility index (Phi) is 3.51. The zero-order valence-corrected chi connectivity index (χ0v) is 14.9. The number of hydrogen-bond donors (Lipinski definition) is 2. The van der Waals surface area contributed by atoms with Crippen LogP contribution in [-0.4, -0.2) is 20.1 Å². The van der Waals surface area contributed by atoms with E-state index in [4.69, 9.17) is 17.3 Å². The second-order valence-electron chi connectivity index (χ2n) is 6.20. The van der Waals surface area contributed by atoms with Crippen molar-refractivity contribution in [2.75, 3.05) is 5.73 Å². The predicted molar refractivity (Wildman–Crippen MR) is 106 cm³/mol. The lowest BCUT2D eigenvalue weighted by Crippen LogP contribution is -2.34. The SMILES string of the molecule is Nc1cnc(-c2cc(Cl)c3ncccc3c2)c(-[n+]2cc3ccccc3[nH]2)n1. The number of fused-ring (bicyclic) bond motifs is 2. The number of pyridine rings is 1. The van der Waals surface area contributed by atoms with Crippen LogP contribution in [0.2, 0.25) is 5.02 Å². The van der Waals surface area contributed by atoms with Gasteiger partial charge in [-0.05, 0) is 35.3 Å². The van der Waals surface area contributed by atoms with E-state index >= 15 is 0 Å². The van der Waals surface area contributed by atoms with Crippen molar-refractivity contribution < 1.29 is 4.68 Å². The lowest BCUT2D eigenvalue weighted by atomic mass is 10.1. The average Bonchev–Trinajstić information content (AvgIpc) is 3.12. The van der Waals surface area contributed by atoms with Crippen molar-refractivity contribution >= 4 is 39.2 Å². The number of aromatic amines is 1. The van der Waals surface area contributed by atoms with Crippen LogP contribution < -0.4 is 10.4 Å². The standard InChI is InChI=1S/C20H13ClN6/c21-15-9-14(8-12-5-3-7-23-18(12)15)19-20(25-17(22)10-24-19)27-11-13-4-1-2-6-16(13)26-27/h1-11H,(H2,22,25)/p+1. The highest BCUT2D eigenvalue weighted by Crippen LogP contribution is 2.30. The van der Waals surface area contributed by atoms with Gasteiger partial charge in [0.05, 0.1) is 22.3 Å². The Labute approximate surface area is 159 Å². The molecular formula is C20H14ClN6+. The van der Waals surface area contributed by atoms with Crippen molar-refractivity contribution in [3.8, 4) is 17.1 Å². The molecule has 3 aromatic heterocycles. The molecular weight excluding hydrogens is 360 g/mol. The first-order valence-corrected chi connectivity index (χ1v) is 8.74. The van der Waals surface area contributed by atoms with E-state index in [1.807, 2.05) is 59.4 Å². The van der Waals surface area contributed by atoms with Crippen LogP contribution in [0.1, 0.15) is 0 Å². The van der Waals surface area contributed by atoms with Gasteiger partial charge in [-0.2, -0.15) is 0 Å². The summed E-state index contributed by atoms with van der Waals surface area (Å²) in [6.45, 7) is 0. The minimum absolute atomic E-state index is 0.341. The van der Waals surface area contributed by atoms with Crippen molar-refractivity contribution in [1.82, 2.24) is 20.1 Å². The van der Waals surface area contributed by atoms with Gasteiger partial charge >= 0.3 is 5.82 Å². The van der Waals surface area contributed by atoms with Crippen LogP contribution >= 0.6 is 11.6 Å². The van der Waals surface area contributed by atoms with Gasteiger partial charge in [0.25, 0.3) is 5.82 Å². The molecule has 5 rings (SSSR count). The average molecular weight is 374 g/mol. The number of aromatic nitrogens is 5. The summed E-state index contributed by atoms with van der Waals surface area (Å²) in [5.74, 6) is 0.943. The minimum Gasteiger partial charge on any atom is -0.362 e. The molecule has 0 aliphatic carbocycles. The Morgan fingerprint density at radius 3 is 2.74 bits per heavy atom. The van der Waals surface area contributed by atoms with Gasteiger partial charge in [0.1, 0.15) is 6.20 Å². The van der Waals surface area contributed by atoms with Gasteiger partial charge < -0.3 is 5.73 Å². The minimum atomic E-state index is 0.341. The number of anilines is 1. The first-order valence-electron chi connectivity index (χ1n) is 8.36. The number of rotatable bonds is 2. The van der Waals surface area contributed by atoms with E-state index in [0.717, 1.165) is 27.4 Å². The summed E-state index contributed by atoms with van der Waals surface area (Å²) in [5, 5.41) is 5.88. The van der Waals surface area contributed by atoms with Crippen LogP contribution in [0.25, 0.3) is 38.9 Å². The molecule has 0 fully saturated rings. The Bertz CT molecular complexity index is 1280. The summed E-state index contributed by atoms with van der Waals surface area (Å²) in [6.07, 6.45) is 5.23. The quantitative estimate of drug-likeness (QED) is 0.462. The van der Waals surface area contributed by atoms with E-state index < -0.39 is 0 Å². The molecule has 27 heavy (non-hydrogen) atoms. The number of hydrogen-bond acceptors (Lipinski definition) is 4. The highest BCUT2D eigenvalue weighted by atomic mass is 35.5. The second-order valence-corrected chi connectivity index (χ2v) is 6.61. The molecule has 3 N–H and O–H groups in total. The van der Waals surface area contributed by atoms with Crippen molar-refractivity contribution in [2.45, 2.75) is 0 Å². The van der Waals surface area contributed by atoms with Gasteiger partial charge in [-0.1, -0.05) is 29.8 Å². The highest BCUT2D eigenvalue weighted by molar-refractivity contribution is 6.35. The third-order valence-electron chi connectivity index (χ3n) is 4.40. The summed E-state index contributed by atoms with van der Waals surface area (Å²) < 4.78 is 1.82. The fraction of sp³-hybridized carbons (Fsp3) is 0. The monoisotopic (exact) mass is 373 g/mol. The second kappa shape index (κ2) is 6.03. The van der Waals surface area contributed by atoms with Crippen LogP contribution in [0.4, 0.5) is 5.82 Å². The maximum Gasteiger partial charge on any atom is 0.375 e. The number of benzene rings is 2. The van der Waals surface area contributed by atoms with Gasteiger partial charge in [0.15, 0.2) is 5.69 Å². The molecule has 5 aromatic rings. The fourth-order valence-electron chi connectivity index (χ4n) is 3.18. The van der Waals surface area contributed by atoms with E-state index in [1.54, 1.807) is 12.4 Å². The van der Waals surface area contributed by atoms with E-state index in [2.05, 4.69) is 20.1 Å². The Hall–Kier alpha value is -3.51. The molecule has 0 saturated carbocycles. The van der Waals surface area contributed by atoms with Gasteiger partial charge in [-0.15, -0.1) is 4.68 Å². The number of para-hydroxylation sites is 1. The van der Waals surface area contributed by atoms with Crippen molar-refractivity contribution in [1.29, 1.82) is 0 Å². The molecule has 0 bridgehead atoms. The maximum atomic E-state index is 6.46. The smallest absolute Gasteiger partial charge is 0.362 e. The van der Waals surface area contributed by atoms with Crippen LogP contribution in [0.5, 0.6) is 0 Å². The lowest BCUT2D eigenvalue weighted by molar-refractivity contribution is -0.656. The number of nitrogen functional groups attached to an aromatic ring is 1. The first-order chi connectivity index (χ1) is 13.2. The zero-order chi connectivity index (χ0) is 18.4. The molecule has 130 valence electrons. The van der Waals surface area contributed by atoms with Crippen molar-refractivity contribution in [3.63, 3.8) is 0 Å². The fourth-order valence-corrected chi connectivity index (χ4v) is 3.45. The predicted octanol–water partition coefficient (Wildman–Crippen LogP) is 3.69. The van der Waals surface area contributed by atoms with Crippen molar-refractivity contribution in [2.24, 2.45) is 0 Å². The molecule has 0 amide bonds. The number of nitrogens with two attached hydrogens (primary N) is 1. The Morgan fingerprint density at radius 2 is 1.85 bits per heavy atom. The molecule has 6 nitrogen and oxygen atoms in total. The number of nitrogens with one attached hydrogen (secondary N) is 1. The maximum absolute atomic E-state index is 6.46. The van der Waals surface area contributed by atoms with E-state index in [9.17, 15) is 0 Å². The van der Waals surface area contributed by atoms with E-state index in [1.165, 1.54) is 0 Å². The number of H-pyrrole nitrogens is 1. The Morgan fingerprint density at radius 1 is 1.00 bits per heavy atom. The largest absolute Gasteiger partial charge is 0.375 e. The van der Waals surface area contributed by atoms with Crippen LogP contribution in [-0.2, 0) is 0 Å². The molecule has 0 aliphatic rings. The molecule has 2 aromatic carbocycles. The zero-order valence-electron chi connectivity index (χ0n) is 14.1. The summed E-state index contributed by atoms with van der Waals surface area (Å²) >= 11 is 6.46. The molecule has 0 spiro atoms. The highest BCUT2D eigenvalue weighted by Gasteiger charge is 2.22. The lowest BCUT2D eigenvalue weighted by Gasteiger charge is -2.05. The molecule has 0 aliphatic heterocycles. The normalized spacial score (nSPS) is 11.3. The van der Waals surface area contributed by atoms with E-state index in [0.29, 0.717) is 22.4 Å². The van der Waals surface area contributed by atoms with Gasteiger partial charge in [-0.3, -0.25) is 4.98 Å². The summed E-state index contributed by atoms with van der Waals surface area (Å²) in [7, 11) is 0. The third kappa shape index (κ3) is 2.67. The van der Waals surface area contributed by atoms with Gasteiger partial charge in [0.2, 0.25) is 0 Å². The van der Waals surface area contributed by atoms with Crippen LogP contribution in [0.3, 0.4) is 0 Å². The summed E-state index contributed by atoms with van der Waals surface area (Å²) in [4.78, 5) is 13.4. The Balaban J connectivity index is 1.76. The topological polar surface area (TPSA) is 84.4 Å². The van der Waals surface area contributed by atoms with Gasteiger partial charge in [0, 0.05) is 22.5 Å². The molecule has 0 unspecified atom stereocenters. The molecule has 0 radical (unpaired) electrons. The van der Waals surface area contributed by atoms with Gasteiger partial charge in [-0.25, -0.2) is 10.1 Å². The molecule has 7 heteroatoms. The summed E-state index contributed by atoms with van der Waals surface area (Å²) in [6, 6.07) is 15.7. The van der Waals surface area contributed by atoms with Crippen LogP contribution in [0.15, 0.2) is 67.1 Å². The van der Waals surface area contributed by atoms with Crippen LogP contribution in [0, 0.1) is 0 Å². The van der Waals surface area contributed by atoms with E-state index in [-0.39, 0.29) is 0 Å².